The van der Waals surface area contributed by atoms with E-state index in [1.54, 1.807) is 18.0 Å². The molecule has 0 aliphatic heterocycles. The molecular weight excluding hydrogens is 316 g/mol. The summed E-state index contributed by atoms with van der Waals surface area (Å²) < 4.78 is 0. The maximum absolute atomic E-state index is 4.10. The average molecular weight is 343 g/mol. The first-order valence-corrected chi connectivity index (χ1v) is 9.32. The molecule has 0 aliphatic carbocycles. The van der Waals surface area contributed by atoms with Crippen molar-refractivity contribution in [1.82, 2.24) is 10.3 Å². The summed E-state index contributed by atoms with van der Waals surface area (Å²) >= 11 is 1.72. The predicted molar refractivity (Wildman–Crippen MR) is 107 cm³/mol. The second-order valence-electron chi connectivity index (χ2n) is 5.23. The molecule has 0 spiro atoms. The quantitative estimate of drug-likeness (QED) is 0.527. The molecule has 0 bridgehead atoms. The Kier molecular flexibility index (Phi) is 7.49. The van der Waals surface area contributed by atoms with Crippen LogP contribution in [0.5, 0.6) is 0 Å². The van der Waals surface area contributed by atoms with Crippen LogP contribution >= 0.6 is 11.8 Å². The van der Waals surface area contributed by atoms with Gasteiger partial charge < -0.3 is 15.5 Å². The van der Waals surface area contributed by atoms with Gasteiger partial charge in [-0.3, -0.25) is 4.98 Å². The van der Waals surface area contributed by atoms with Crippen LogP contribution in [0.15, 0.2) is 54.2 Å². The summed E-state index contributed by atoms with van der Waals surface area (Å²) in [6.45, 7) is 6.42. The van der Waals surface area contributed by atoms with Crippen LogP contribution in [0.25, 0.3) is 5.70 Å². The van der Waals surface area contributed by atoms with Crippen molar-refractivity contribution >= 4 is 28.8 Å². The van der Waals surface area contributed by atoms with E-state index in [0.29, 0.717) is 0 Å². The summed E-state index contributed by atoms with van der Waals surface area (Å²) in [7, 11) is 1.96. The van der Waals surface area contributed by atoms with Crippen LogP contribution in [0.4, 0.5) is 11.4 Å². The number of benzene rings is 1. The molecule has 1 heterocycles. The Hall–Kier alpha value is -2.14. The monoisotopic (exact) mass is 342 g/mol. The molecule has 128 valence electrons. The largest absolute Gasteiger partial charge is 0.387 e. The second-order valence-corrected chi connectivity index (χ2v) is 6.09. The van der Waals surface area contributed by atoms with Crippen molar-refractivity contribution < 1.29 is 0 Å². The molecule has 0 aliphatic rings. The van der Waals surface area contributed by atoms with Crippen molar-refractivity contribution in [2.24, 2.45) is 0 Å². The molecule has 0 unspecified atom stereocenters. The van der Waals surface area contributed by atoms with Gasteiger partial charge >= 0.3 is 0 Å². The number of pyridine rings is 1. The number of nitrogens with one attached hydrogen (secondary N) is 2. The lowest BCUT2D eigenvalue weighted by Gasteiger charge is -2.21. The number of rotatable bonds is 9. The Labute approximate surface area is 149 Å². The van der Waals surface area contributed by atoms with Crippen molar-refractivity contribution in [2.45, 2.75) is 13.8 Å². The van der Waals surface area contributed by atoms with E-state index in [1.807, 2.05) is 25.4 Å². The number of aromatic nitrogens is 1. The summed E-state index contributed by atoms with van der Waals surface area (Å²) in [5.41, 5.74) is 4.62. The first-order chi connectivity index (χ1) is 11.8. The minimum absolute atomic E-state index is 0.800. The molecule has 0 saturated carbocycles. The molecule has 2 rings (SSSR count). The number of anilines is 2. The maximum Gasteiger partial charge on any atom is 0.0652 e. The minimum Gasteiger partial charge on any atom is -0.387 e. The van der Waals surface area contributed by atoms with E-state index in [9.17, 15) is 0 Å². The van der Waals surface area contributed by atoms with E-state index in [4.69, 9.17) is 0 Å². The lowest BCUT2D eigenvalue weighted by atomic mass is 10.1. The smallest absolute Gasteiger partial charge is 0.0652 e. The van der Waals surface area contributed by atoms with E-state index >= 15 is 0 Å². The zero-order valence-electron chi connectivity index (χ0n) is 14.6. The fourth-order valence-electron chi connectivity index (χ4n) is 2.43. The van der Waals surface area contributed by atoms with Crippen molar-refractivity contribution in [1.29, 1.82) is 0 Å². The first-order valence-electron chi connectivity index (χ1n) is 8.27. The van der Waals surface area contributed by atoms with Gasteiger partial charge in [-0.25, -0.2) is 0 Å². The third-order valence-corrected chi connectivity index (χ3v) is 4.51. The number of thioether (sulfide) groups is 1. The predicted octanol–water partition coefficient (Wildman–Crippen LogP) is 4.25. The van der Waals surface area contributed by atoms with Gasteiger partial charge in [0.25, 0.3) is 0 Å². The lowest BCUT2D eigenvalue weighted by molar-refractivity contribution is 0.866. The SMILES string of the molecule is CCN(CC)c1ccc(/C(=C/SCNc2cccnc2)NC)cc1. The zero-order chi connectivity index (χ0) is 17.2. The standard InChI is InChI=1S/C19H26N4S/c1-4-23(5-2)18-10-8-16(9-11-18)19(20-3)14-24-15-22-17-7-6-12-21-13-17/h6-14,20,22H,4-5,15H2,1-3H3/b19-14-. The summed E-state index contributed by atoms with van der Waals surface area (Å²) in [5.74, 6) is 0.800. The van der Waals surface area contributed by atoms with Gasteiger partial charge in [0, 0.05) is 43.9 Å². The second kappa shape index (κ2) is 9.88. The molecule has 5 heteroatoms. The zero-order valence-corrected chi connectivity index (χ0v) is 15.4. The summed E-state index contributed by atoms with van der Waals surface area (Å²) in [6.07, 6.45) is 3.61. The third-order valence-electron chi connectivity index (χ3n) is 3.80. The topological polar surface area (TPSA) is 40.2 Å². The number of hydrogen-bond acceptors (Lipinski definition) is 5. The van der Waals surface area contributed by atoms with Gasteiger partial charge in [0.05, 0.1) is 11.6 Å². The Bertz CT molecular complexity index is 622. The van der Waals surface area contributed by atoms with Crippen molar-refractivity contribution in [3.05, 3.63) is 59.8 Å². The molecule has 0 atom stereocenters. The fourth-order valence-corrected chi connectivity index (χ4v) is 3.18. The fraction of sp³-hybridized carbons (Fsp3) is 0.316. The van der Waals surface area contributed by atoms with Crippen LogP contribution in [-0.4, -0.2) is 31.0 Å². The average Bonchev–Trinajstić information content (AvgIpc) is 2.64. The van der Waals surface area contributed by atoms with Gasteiger partial charge in [0.2, 0.25) is 0 Å². The van der Waals surface area contributed by atoms with Crippen LogP contribution in [-0.2, 0) is 0 Å². The van der Waals surface area contributed by atoms with Gasteiger partial charge in [0.15, 0.2) is 0 Å². The molecule has 1 aromatic carbocycles. The van der Waals surface area contributed by atoms with Crippen molar-refractivity contribution in [3.8, 4) is 0 Å². The molecule has 2 N–H and O–H groups in total. The number of nitrogens with zero attached hydrogens (tertiary/aromatic N) is 2. The highest BCUT2D eigenvalue weighted by atomic mass is 32.2. The number of hydrogen-bond donors (Lipinski definition) is 2. The third kappa shape index (κ3) is 5.20. The van der Waals surface area contributed by atoms with E-state index in [1.165, 1.54) is 11.3 Å². The van der Waals surface area contributed by atoms with Gasteiger partial charge in [-0.2, -0.15) is 0 Å². The Balaban J connectivity index is 1.94. The molecule has 1 aromatic heterocycles. The molecular formula is C19H26N4S. The lowest BCUT2D eigenvalue weighted by Crippen LogP contribution is -2.21. The summed E-state index contributed by atoms with van der Waals surface area (Å²) in [5, 5.41) is 8.77. The van der Waals surface area contributed by atoms with Crippen LogP contribution in [0, 0.1) is 0 Å². The van der Waals surface area contributed by atoms with Crippen LogP contribution in [0.3, 0.4) is 0 Å². The molecule has 4 nitrogen and oxygen atoms in total. The molecule has 24 heavy (non-hydrogen) atoms. The van der Waals surface area contributed by atoms with E-state index < -0.39 is 0 Å². The van der Waals surface area contributed by atoms with E-state index in [0.717, 1.165) is 30.4 Å². The van der Waals surface area contributed by atoms with Gasteiger partial charge in [-0.15, -0.1) is 11.8 Å². The van der Waals surface area contributed by atoms with E-state index in [-0.39, 0.29) is 0 Å². The molecule has 2 aromatic rings. The molecule has 0 fully saturated rings. The molecule has 0 amide bonds. The first kappa shape index (κ1) is 18.2. The van der Waals surface area contributed by atoms with Gasteiger partial charge in [-0.05, 0) is 49.1 Å². The highest BCUT2D eigenvalue weighted by Gasteiger charge is 2.03. The van der Waals surface area contributed by atoms with Crippen LogP contribution < -0.4 is 15.5 Å². The Morgan fingerprint density at radius 1 is 1.17 bits per heavy atom. The summed E-state index contributed by atoms with van der Waals surface area (Å²) in [6, 6.07) is 12.7. The highest BCUT2D eigenvalue weighted by Crippen LogP contribution is 2.21. The minimum atomic E-state index is 0.800. The summed E-state index contributed by atoms with van der Waals surface area (Å²) in [4.78, 5) is 6.44. The van der Waals surface area contributed by atoms with Crippen LogP contribution in [0.2, 0.25) is 0 Å². The van der Waals surface area contributed by atoms with Gasteiger partial charge in [-0.1, -0.05) is 12.1 Å². The Morgan fingerprint density at radius 3 is 2.50 bits per heavy atom. The maximum atomic E-state index is 4.10. The molecule has 0 radical (unpaired) electrons. The molecule has 0 saturated heterocycles. The van der Waals surface area contributed by atoms with Crippen molar-refractivity contribution in [2.75, 3.05) is 36.2 Å². The van der Waals surface area contributed by atoms with E-state index in [2.05, 4.69) is 64.0 Å². The Morgan fingerprint density at radius 2 is 1.92 bits per heavy atom. The highest BCUT2D eigenvalue weighted by molar-refractivity contribution is 8.02. The van der Waals surface area contributed by atoms with Gasteiger partial charge in [0.1, 0.15) is 0 Å². The van der Waals surface area contributed by atoms with Crippen molar-refractivity contribution in [3.63, 3.8) is 0 Å². The van der Waals surface area contributed by atoms with Crippen LogP contribution in [0.1, 0.15) is 19.4 Å². The normalized spacial score (nSPS) is 11.2.